The average molecular weight is 333 g/mol. The molecule has 122 valence electrons. The molecule has 0 aromatic heterocycles. The van der Waals surface area contributed by atoms with Gasteiger partial charge >= 0.3 is 0 Å². The Morgan fingerprint density at radius 1 is 1.22 bits per heavy atom. The molecule has 23 heavy (non-hydrogen) atoms. The summed E-state index contributed by atoms with van der Waals surface area (Å²) in [6.45, 7) is 3.43. The van der Waals surface area contributed by atoms with Crippen molar-refractivity contribution in [3.63, 3.8) is 0 Å². The van der Waals surface area contributed by atoms with Crippen LogP contribution in [-0.2, 0) is 14.8 Å². The maximum Gasteiger partial charge on any atom is 0.244 e. The van der Waals surface area contributed by atoms with Gasteiger partial charge in [-0.15, -0.1) is 0 Å². The van der Waals surface area contributed by atoms with Gasteiger partial charge in [-0.2, -0.15) is 9.57 Å². The number of sulfonamides is 1. The monoisotopic (exact) mass is 333 g/mol. The number of carbonyl (C=O) groups is 1. The van der Waals surface area contributed by atoms with E-state index in [1.54, 1.807) is 17.0 Å². The van der Waals surface area contributed by atoms with Crippen molar-refractivity contribution in [2.45, 2.75) is 18.2 Å². The Labute approximate surface area is 136 Å². The summed E-state index contributed by atoms with van der Waals surface area (Å²) in [6.07, 6.45) is 0.937. The minimum absolute atomic E-state index is 0.0399. The van der Waals surface area contributed by atoms with Crippen LogP contribution in [0.4, 0.5) is 0 Å². The lowest BCUT2D eigenvalue weighted by Crippen LogP contribution is -2.51. The van der Waals surface area contributed by atoms with E-state index in [0.29, 0.717) is 19.0 Å². The Balaban J connectivity index is 1.72. The van der Waals surface area contributed by atoms with Crippen LogP contribution in [0.25, 0.3) is 0 Å². The Bertz CT molecular complexity index is 761. The van der Waals surface area contributed by atoms with Gasteiger partial charge in [-0.05, 0) is 24.5 Å². The number of hydrogen-bond acceptors (Lipinski definition) is 4. The van der Waals surface area contributed by atoms with Crippen LogP contribution >= 0.6 is 0 Å². The molecule has 1 saturated carbocycles. The third kappa shape index (κ3) is 2.96. The first-order chi connectivity index (χ1) is 10.9. The number of piperazine rings is 1. The molecule has 1 amide bonds. The van der Waals surface area contributed by atoms with Crippen molar-refractivity contribution in [3.05, 3.63) is 29.8 Å². The largest absolute Gasteiger partial charge is 0.340 e. The minimum Gasteiger partial charge on any atom is -0.340 e. The lowest BCUT2D eigenvalue weighted by molar-refractivity contribution is -0.134. The van der Waals surface area contributed by atoms with Crippen LogP contribution in [0, 0.1) is 23.2 Å². The molecule has 1 saturated heterocycles. The van der Waals surface area contributed by atoms with Gasteiger partial charge in [-0.25, -0.2) is 8.42 Å². The molecule has 0 radical (unpaired) electrons. The number of nitriles is 1. The topological polar surface area (TPSA) is 81.5 Å². The van der Waals surface area contributed by atoms with Gasteiger partial charge in [-0.1, -0.05) is 19.1 Å². The smallest absolute Gasteiger partial charge is 0.244 e. The number of hydrogen-bond donors (Lipinski definition) is 0. The number of rotatable bonds is 3. The highest BCUT2D eigenvalue weighted by atomic mass is 32.2. The molecule has 2 aliphatic rings. The first-order valence-corrected chi connectivity index (χ1v) is 9.17. The summed E-state index contributed by atoms with van der Waals surface area (Å²) in [5.74, 6) is 0.719. The molecule has 0 spiro atoms. The van der Waals surface area contributed by atoms with Crippen LogP contribution in [-0.4, -0.2) is 49.7 Å². The van der Waals surface area contributed by atoms with Crippen molar-refractivity contribution in [3.8, 4) is 6.07 Å². The van der Waals surface area contributed by atoms with Gasteiger partial charge in [0.05, 0.1) is 10.5 Å². The second-order valence-corrected chi connectivity index (χ2v) is 8.06. The summed E-state index contributed by atoms with van der Waals surface area (Å²) in [7, 11) is -3.70. The quantitative estimate of drug-likeness (QED) is 0.828. The lowest BCUT2D eigenvalue weighted by Gasteiger charge is -2.34. The van der Waals surface area contributed by atoms with E-state index in [1.807, 2.05) is 6.07 Å². The highest BCUT2D eigenvalue weighted by Crippen LogP contribution is 2.39. The summed E-state index contributed by atoms with van der Waals surface area (Å²) in [4.78, 5) is 14.0. The van der Waals surface area contributed by atoms with E-state index in [4.69, 9.17) is 5.26 Å². The van der Waals surface area contributed by atoms with E-state index >= 15 is 0 Å². The van der Waals surface area contributed by atoms with E-state index in [-0.39, 0.29) is 35.4 Å². The van der Waals surface area contributed by atoms with Crippen LogP contribution < -0.4 is 0 Å². The van der Waals surface area contributed by atoms with Crippen molar-refractivity contribution < 1.29 is 13.2 Å². The zero-order valence-electron chi connectivity index (χ0n) is 13.0. The van der Waals surface area contributed by atoms with Crippen molar-refractivity contribution in [1.29, 1.82) is 5.26 Å². The molecule has 6 nitrogen and oxygen atoms in total. The molecule has 1 aromatic rings. The molecular weight excluding hydrogens is 314 g/mol. The maximum atomic E-state index is 12.7. The molecule has 2 fully saturated rings. The van der Waals surface area contributed by atoms with Crippen LogP contribution in [0.5, 0.6) is 0 Å². The Kier molecular flexibility index (Phi) is 4.13. The average Bonchev–Trinajstić information content (AvgIpc) is 3.31. The fourth-order valence-electron chi connectivity index (χ4n) is 2.97. The number of nitrogens with zero attached hydrogens (tertiary/aromatic N) is 3. The van der Waals surface area contributed by atoms with E-state index < -0.39 is 10.0 Å². The molecule has 0 unspecified atom stereocenters. The van der Waals surface area contributed by atoms with E-state index in [9.17, 15) is 13.2 Å². The zero-order chi connectivity index (χ0) is 16.6. The first kappa shape index (κ1) is 16.0. The predicted octanol–water partition coefficient (Wildman–Crippen LogP) is 1.05. The van der Waals surface area contributed by atoms with Gasteiger partial charge < -0.3 is 4.90 Å². The molecule has 3 rings (SSSR count). The zero-order valence-corrected chi connectivity index (χ0v) is 13.8. The van der Waals surface area contributed by atoms with Gasteiger partial charge in [0, 0.05) is 32.1 Å². The van der Waals surface area contributed by atoms with Crippen molar-refractivity contribution in [2.24, 2.45) is 11.8 Å². The highest BCUT2D eigenvalue weighted by molar-refractivity contribution is 7.89. The Morgan fingerprint density at radius 3 is 2.39 bits per heavy atom. The predicted molar refractivity (Wildman–Crippen MR) is 83.8 cm³/mol. The van der Waals surface area contributed by atoms with Gasteiger partial charge in [0.15, 0.2) is 0 Å². The summed E-state index contributed by atoms with van der Waals surface area (Å²) in [6, 6.07) is 8.14. The standard InChI is InChI=1S/C16H19N3O3S/c1-12-10-14(12)16(20)18-6-8-19(9-7-18)23(21,22)15-5-3-2-4-13(15)11-17/h2-5,12,14H,6-10H2,1H3/t12-,14-/m1/s1. The van der Waals surface area contributed by atoms with Gasteiger partial charge in [0.1, 0.15) is 6.07 Å². The molecule has 1 aliphatic carbocycles. The number of carbonyl (C=O) groups excluding carboxylic acids is 1. The first-order valence-electron chi connectivity index (χ1n) is 7.73. The third-order valence-corrected chi connectivity index (χ3v) is 6.56. The highest BCUT2D eigenvalue weighted by Gasteiger charge is 2.42. The molecular formula is C16H19N3O3S. The fraction of sp³-hybridized carbons (Fsp3) is 0.500. The summed E-state index contributed by atoms with van der Waals surface area (Å²) < 4.78 is 26.8. The summed E-state index contributed by atoms with van der Waals surface area (Å²) >= 11 is 0. The normalized spacial score (nSPS) is 25.0. The van der Waals surface area contributed by atoms with E-state index in [0.717, 1.165) is 6.42 Å². The maximum absolute atomic E-state index is 12.7. The third-order valence-electron chi connectivity index (χ3n) is 4.60. The van der Waals surface area contributed by atoms with Crippen LogP contribution in [0.2, 0.25) is 0 Å². The van der Waals surface area contributed by atoms with Crippen molar-refractivity contribution in [1.82, 2.24) is 9.21 Å². The molecule has 0 N–H and O–H groups in total. The lowest BCUT2D eigenvalue weighted by atomic mass is 10.2. The Morgan fingerprint density at radius 2 is 1.83 bits per heavy atom. The molecule has 0 bridgehead atoms. The SMILES string of the molecule is C[C@@H]1C[C@H]1C(=O)N1CCN(S(=O)(=O)c2ccccc2C#N)CC1. The van der Waals surface area contributed by atoms with Crippen LogP contribution in [0.1, 0.15) is 18.9 Å². The summed E-state index contributed by atoms with van der Waals surface area (Å²) in [5.41, 5.74) is 0.151. The molecule has 7 heteroatoms. The van der Waals surface area contributed by atoms with Crippen LogP contribution in [0.3, 0.4) is 0 Å². The molecule has 1 aromatic carbocycles. The van der Waals surface area contributed by atoms with E-state index in [2.05, 4.69) is 6.92 Å². The van der Waals surface area contributed by atoms with E-state index in [1.165, 1.54) is 16.4 Å². The number of amides is 1. The Hall–Kier alpha value is -1.91. The minimum atomic E-state index is -3.70. The number of benzene rings is 1. The van der Waals surface area contributed by atoms with Gasteiger partial charge in [-0.3, -0.25) is 4.79 Å². The van der Waals surface area contributed by atoms with Crippen molar-refractivity contribution >= 4 is 15.9 Å². The summed E-state index contributed by atoms with van der Waals surface area (Å²) in [5, 5.41) is 9.10. The van der Waals surface area contributed by atoms with Crippen molar-refractivity contribution in [2.75, 3.05) is 26.2 Å². The fourth-order valence-corrected chi connectivity index (χ4v) is 4.54. The molecule has 2 atom stereocenters. The second kappa shape index (κ2) is 5.95. The van der Waals surface area contributed by atoms with Gasteiger partial charge in [0.25, 0.3) is 0 Å². The van der Waals surface area contributed by atoms with Gasteiger partial charge in [0.2, 0.25) is 15.9 Å². The molecule has 1 aliphatic heterocycles. The van der Waals surface area contributed by atoms with Crippen LogP contribution in [0.15, 0.2) is 29.2 Å². The second-order valence-electron chi connectivity index (χ2n) is 6.16. The molecule has 1 heterocycles.